The van der Waals surface area contributed by atoms with Crippen molar-refractivity contribution in [2.24, 2.45) is 16.6 Å². The third-order valence-corrected chi connectivity index (χ3v) is 7.55. The van der Waals surface area contributed by atoms with Gasteiger partial charge in [0.1, 0.15) is 5.92 Å². The molecular formula is C25H24Cl2N6O3. The molecule has 1 aromatic heterocycles. The smallest absolute Gasteiger partial charge is 0.341 e. The molecule has 9 nitrogen and oxygen atoms in total. The number of anilines is 1. The van der Waals surface area contributed by atoms with E-state index in [1.165, 1.54) is 10.7 Å². The average Bonchev–Trinajstić information content (AvgIpc) is 3.20. The molecule has 5 rings (SSSR count). The highest BCUT2D eigenvalue weighted by Crippen LogP contribution is 2.41. The molecule has 2 amide bonds. The number of fused-ring (bicyclic) bond motifs is 1. The Morgan fingerprint density at radius 3 is 2.36 bits per heavy atom. The SMILES string of the molecule is CC1=Nc2cc(=O)n(C(N)=O)n2C(c2cccc(Cl)c2Cl)C1C(=O)N1CCN(c2ccccc2)CC1. The van der Waals surface area contributed by atoms with Crippen molar-refractivity contribution in [2.45, 2.75) is 13.0 Å². The normalized spacial score (nSPS) is 19.6. The van der Waals surface area contributed by atoms with Crippen molar-refractivity contribution in [2.75, 3.05) is 31.1 Å². The van der Waals surface area contributed by atoms with Crippen molar-refractivity contribution >= 4 is 52.4 Å². The van der Waals surface area contributed by atoms with E-state index in [1.54, 1.807) is 30.0 Å². The van der Waals surface area contributed by atoms with Crippen LogP contribution in [-0.4, -0.2) is 58.1 Å². The van der Waals surface area contributed by atoms with Crippen LogP contribution in [-0.2, 0) is 4.79 Å². The van der Waals surface area contributed by atoms with Crippen molar-refractivity contribution in [3.8, 4) is 0 Å². The summed E-state index contributed by atoms with van der Waals surface area (Å²) >= 11 is 12.9. The fourth-order valence-electron chi connectivity index (χ4n) is 5.03. The first-order valence-electron chi connectivity index (χ1n) is 11.5. The second-order valence-corrected chi connectivity index (χ2v) is 9.59. The summed E-state index contributed by atoms with van der Waals surface area (Å²) in [6.45, 7) is 4.09. The summed E-state index contributed by atoms with van der Waals surface area (Å²) in [5.74, 6) is -0.780. The second-order valence-electron chi connectivity index (χ2n) is 8.80. The van der Waals surface area contributed by atoms with E-state index in [-0.39, 0.29) is 16.7 Å². The molecule has 2 unspecified atom stereocenters. The molecule has 0 aliphatic carbocycles. The van der Waals surface area contributed by atoms with Crippen LogP contribution in [0.2, 0.25) is 10.0 Å². The number of aromatic nitrogens is 2. The second kappa shape index (κ2) is 9.48. The molecule has 0 saturated carbocycles. The molecule has 3 aromatic rings. The van der Waals surface area contributed by atoms with E-state index >= 15 is 0 Å². The molecule has 2 aliphatic rings. The molecule has 2 aromatic carbocycles. The first-order chi connectivity index (χ1) is 17.3. The summed E-state index contributed by atoms with van der Waals surface area (Å²) in [6, 6.07) is 14.5. The summed E-state index contributed by atoms with van der Waals surface area (Å²) in [5.41, 5.74) is 7.02. The molecular weight excluding hydrogens is 503 g/mol. The highest BCUT2D eigenvalue weighted by atomic mass is 35.5. The van der Waals surface area contributed by atoms with Gasteiger partial charge in [0.15, 0.2) is 5.82 Å². The van der Waals surface area contributed by atoms with E-state index in [0.717, 1.165) is 10.4 Å². The predicted molar refractivity (Wildman–Crippen MR) is 140 cm³/mol. The van der Waals surface area contributed by atoms with E-state index in [9.17, 15) is 14.4 Å². The Morgan fingerprint density at radius 1 is 1.00 bits per heavy atom. The zero-order valence-electron chi connectivity index (χ0n) is 19.5. The number of carbonyl (C=O) groups is 2. The lowest BCUT2D eigenvalue weighted by Crippen LogP contribution is -2.53. The van der Waals surface area contributed by atoms with Gasteiger partial charge in [0, 0.05) is 43.6 Å². The maximum Gasteiger partial charge on any atom is 0.341 e. The first kappa shape index (κ1) is 24.1. The Labute approximate surface area is 217 Å². The monoisotopic (exact) mass is 526 g/mol. The molecule has 0 spiro atoms. The molecule has 36 heavy (non-hydrogen) atoms. The van der Waals surface area contributed by atoms with Gasteiger partial charge in [0.05, 0.1) is 16.1 Å². The molecule has 2 aliphatic heterocycles. The van der Waals surface area contributed by atoms with Crippen molar-refractivity contribution in [1.82, 2.24) is 14.3 Å². The minimum Gasteiger partial charge on any atom is -0.368 e. The summed E-state index contributed by atoms with van der Waals surface area (Å²) in [5, 5.41) is 0.521. The molecule has 1 fully saturated rings. The van der Waals surface area contributed by atoms with Gasteiger partial charge in [0.25, 0.3) is 5.56 Å². The molecule has 2 atom stereocenters. The van der Waals surface area contributed by atoms with Gasteiger partial charge >= 0.3 is 6.03 Å². The number of amides is 2. The van der Waals surface area contributed by atoms with Crippen LogP contribution in [0.25, 0.3) is 0 Å². The van der Waals surface area contributed by atoms with Gasteiger partial charge in [0.2, 0.25) is 5.91 Å². The number of aliphatic imine (C=N–C) groups is 1. The number of nitrogens with zero attached hydrogens (tertiary/aromatic N) is 5. The van der Waals surface area contributed by atoms with E-state index in [4.69, 9.17) is 28.9 Å². The van der Waals surface area contributed by atoms with Crippen molar-refractivity contribution < 1.29 is 9.59 Å². The van der Waals surface area contributed by atoms with E-state index in [1.807, 2.05) is 30.3 Å². The van der Waals surface area contributed by atoms with E-state index in [2.05, 4.69) is 9.89 Å². The lowest BCUT2D eigenvalue weighted by Gasteiger charge is -2.40. The highest BCUT2D eigenvalue weighted by Gasteiger charge is 2.43. The van der Waals surface area contributed by atoms with Gasteiger partial charge in [-0.25, -0.2) is 14.5 Å². The van der Waals surface area contributed by atoms with Gasteiger partial charge in [-0.05, 0) is 30.7 Å². The number of carbonyl (C=O) groups excluding carboxylic acids is 2. The minimum atomic E-state index is -0.980. The number of hydrogen-bond donors (Lipinski definition) is 1. The molecule has 0 radical (unpaired) electrons. The quantitative estimate of drug-likeness (QED) is 0.563. The van der Waals surface area contributed by atoms with Crippen LogP contribution in [0.1, 0.15) is 18.5 Å². The summed E-state index contributed by atoms with van der Waals surface area (Å²) in [7, 11) is 0. The number of para-hydroxylation sites is 1. The molecule has 1 saturated heterocycles. The molecule has 186 valence electrons. The summed E-state index contributed by atoms with van der Waals surface area (Å²) < 4.78 is 2.15. The third-order valence-electron chi connectivity index (χ3n) is 6.72. The van der Waals surface area contributed by atoms with Crippen LogP contribution in [0.3, 0.4) is 0 Å². The summed E-state index contributed by atoms with van der Waals surface area (Å²) in [6.07, 6.45) is 0. The van der Waals surface area contributed by atoms with Crippen LogP contribution >= 0.6 is 23.2 Å². The van der Waals surface area contributed by atoms with E-state index in [0.29, 0.717) is 42.5 Å². The van der Waals surface area contributed by atoms with Crippen molar-refractivity contribution in [1.29, 1.82) is 0 Å². The van der Waals surface area contributed by atoms with Crippen LogP contribution in [0.5, 0.6) is 0 Å². The fourth-order valence-corrected chi connectivity index (χ4v) is 5.45. The fraction of sp³-hybridized carbons (Fsp3) is 0.280. The van der Waals surface area contributed by atoms with Gasteiger partial charge < -0.3 is 15.5 Å². The van der Waals surface area contributed by atoms with Gasteiger partial charge in [-0.2, -0.15) is 4.68 Å². The van der Waals surface area contributed by atoms with Crippen molar-refractivity contribution in [3.05, 3.63) is 80.6 Å². The Bertz CT molecular complexity index is 1420. The predicted octanol–water partition coefficient (Wildman–Crippen LogP) is 3.54. The Balaban J connectivity index is 1.55. The Morgan fingerprint density at radius 2 is 1.69 bits per heavy atom. The molecule has 2 N–H and O–H groups in total. The summed E-state index contributed by atoms with van der Waals surface area (Å²) in [4.78, 5) is 47.5. The van der Waals surface area contributed by atoms with Crippen LogP contribution in [0.4, 0.5) is 16.3 Å². The zero-order chi connectivity index (χ0) is 25.6. The third kappa shape index (κ3) is 4.08. The molecule has 3 heterocycles. The molecule has 11 heteroatoms. The minimum absolute atomic E-state index is 0.173. The Kier molecular flexibility index (Phi) is 6.36. The van der Waals surface area contributed by atoms with Crippen molar-refractivity contribution in [3.63, 3.8) is 0 Å². The number of rotatable bonds is 3. The lowest BCUT2D eigenvalue weighted by molar-refractivity contribution is -0.134. The highest BCUT2D eigenvalue weighted by molar-refractivity contribution is 6.42. The Hall–Kier alpha value is -3.56. The number of hydrogen-bond acceptors (Lipinski definition) is 5. The largest absolute Gasteiger partial charge is 0.368 e. The molecule has 0 bridgehead atoms. The zero-order valence-corrected chi connectivity index (χ0v) is 21.0. The number of benzene rings is 2. The van der Waals surface area contributed by atoms with Gasteiger partial charge in [-0.15, -0.1) is 0 Å². The lowest BCUT2D eigenvalue weighted by atomic mass is 9.86. The number of primary amides is 1. The number of halogens is 2. The van der Waals surface area contributed by atoms with Gasteiger partial charge in [-0.3, -0.25) is 9.59 Å². The van der Waals surface area contributed by atoms with Crippen LogP contribution in [0.15, 0.2) is 64.4 Å². The number of nitrogens with two attached hydrogens (primary N) is 1. The van der Waals surface area contributed by atoms with E-state index < -0.39 is 23.6 Å². The first-order valence-corrected chi connectivity index (χ1v) is 12.3. The maximum atomic E-state index is 14.0. The van der Waals surface area contributed by atoms with Crippen LogP contribution < -0.4 is 16.2 Å². The van der Waals surface area contributed by atoms with Gasteiger partial charge in [-0.1, -0.05) is 53.5 Å². The topological polar surface area (TPSA) is 106 Å². The standard InChI is InChI=1S/C25H24Cl2N6O3/c1-15-21(24(35)31-12-10-30(11-13-31)16-6-3-2-4-7-16)23(17-8-5-9-18(26)22(17)27)32-19(29-15)14-20(34)33(32)25(28)36/h2-9,14,21,23H,10-13H2,1H3,(H2,28,36). The average molecular weight is 527 g/mol. The number of piperazine rings is 1. The van der Waals surface area contributed by atoms with Crippen LogP contribution in [0, 0.1) is 5.92 Å². The maximum absolute atomic E-state index is 14.0.